The number of hydrogen-bond donors (Lipinski definition) is 1. The molecule has 2 atom stereocenters. The Kier molecular flexibility index (Phi) is 6.51. The van der Waals surface area contributed by atoms with Gasteiger partial charge in [0, 0.05) is 10.9 Å². The standard InChI is InChI=1S/C14H18Cl2O2/c1-2-11(15)4-3-5-13(16)14(18)10-6-8-12(17)9-7-10/h6-9,11,13,17H,2-5H2,1H3. The number of ketones is 1. The van der Waals surface area contributed by atoms with Crippen molar-refractivity contribution >= 4 is 29.0 Å². The summed E-state index contributed by atoms with van der Waals surface area (Å²) in [5.74, 6) is 0.0462. The number of benzene rings is 1. The summed E-state index contributed by atoms with van der Waals surface area (Å²) < 4.78 is 0. The zero-order valence-electron chi connectivity index (χ0n) is 10.4. The third-order valence-electron chi connectivity index (χ3n) is 2.85. The smallest absolute Gasteiger partial charge is 0.180 e. The molecule has 0 aliphatic carbocycles. The van der Waals surface area contributed by atoms with Crippen LogP contribution in [-0.4, -0.2) is 21.6 Å². The fraction of sp³-hybridized carbons (Fsp3) is 0.500. The number of alkyl halides is 2. The van der Waals surface area contributed by atoms with Crippen LogP contribution >= 0.6 is 23.2 Å². The maximum absolute atomic E-state index is 12.0. The van der Waals surface area contributed by atoms with E-state index in [1.165, 1.54) is 12.1 Å². The maximum atomic E-state index is 12.0. The number of phenolic OH excluding ortho intramolecular Hbond substituents is 1. The lowest BCUT2D eigenvalue weighted by atomic mass is 10.0. The van der Waals surface area contributed by atoms with E-state index in [1.807, 2.05) is 6.92 Å². The van der Waals surface area contributed by atoms with Gasteiger partial charge in [0.2, 0.25) is 0 Å². The Morgan fingerprint density at radius 2 is 1.83 bits per heavy atom. The predicted molar refractivity (Wildman–Crippen MR) is 75.9 cm³/mol. The van der Waals surface area contributed by atoms with Crippen molar-refractivity contribution in [1.82, 2.24) is 0 Å². The van der Waals surface area contributed by atoms with Gasteiger partial charge in [0.25, 0.3) is 0 Å². The minimum absolute atomic E-state index is 0.0979. The molecule has 1 aromatic carbocycles. The number of carbonyl (C=O) groups excluding carboxylic acids is 1. The molecular weight excluding hydrogens is 271 g/mol. The minimum Gasteiger partial charge on any atom is -0.508 e. The summed E-state index contributed by atoms with van der Waals surface area (Å²) in [7, 11) is 0. The highest BCUT2D eigenvalue weighted by molar-refractivity contribution is 6.33. The first-order chi connectivity index (χ1) is 8.54. The lowest BCUT2D eigenvalue weighted by Gasteiger charge is -2.10. The third-order valence-corrected chi connectivity index (χ3v) is 3.80. The van der Waals surface area contributed by atoms with Crippen molar-refractivity contribution in [2.75, 3.05) is 0 Å². The van der Waals surface area contributed by atoms with Crippen molar-refractivity contribution in [3.8, 4) is 5.75 Å². The summed E-state index contributed by atoms with van der Waals surface area (Å²) >= 11 is 12.1. The molecule has 0 aromatic heterocycles. The Bertz CT molecular complexity index is 376. The fourth-order valence-corrected chi connectivity index (χ4v) is 2.09. The van der Waals surface area contributed by atoms with Gasteiger partial charge in [-0.05, 0) is 43.5 Å². The van der Waals surface area contributed by atoms with Gasteiger partial charge in [-0.3, -0.25) is 4.79 Å². The van der Waals surface area contributed by atoms with Crippen LogP contribution in [0.15, 0.2) is 24.3 Å². The Labute approximate surface area is 118 Å². The highest BCUT2D eigenvalue weighted by Gasteiger charge is 2.17. The lowest BCUT2D eigenvalue weighted by molar-refractivity contribution is 0.0983. The molecular formula is C14H18Cl2O2. The van der Waals surface area contributed by atoms with Gasteiger partial charge >= 0.3 is 0 Å². The van der Waals surface area contributed by atoms with Crippen LogP contribution in [0.2, 0.25) is 0 Å². The number of carbonyl (C=O) groups is 1. The van der Waals surface area contributed by atoms with Gasteiger partial charge in [-0.1, -0.05) is 13.3 Å². The molecule has 0 aliphatic rings. The summed E-state index contributed by atoms with van der Waals surface area (Å²) in [6.07, 6.45) is 3.29. The second kappa shape index (κ2) is 7.65. The zero-order valence-corrected chi connectivity index (χ0v) is 11.9. The summed E-state index contributed by atoms with van der Waals surface area (Å²) in [6.45, 7) is 2.04. The first-order valence-corrected chi connectivity index (χ1v) is 7.03. The Morgan fingerprint density at radius 3 is 2.39 bits per heavy atom. The number of halogens is 2. The molecule has 0 saturated carbocycles. The first kappa shape index (κ1) is 15.3. The molecule has 0 bridgehead atoms. The summed E-state index contributed by atoms with van der Waals surface area (Å²) in [6, 6.07) is 6.15. The van der Waals surface area contributed by atoms with Crippen molar-refractivity contribution < 1.29 is 9.90 Å². The highest BCUT2D eigenvalue weighted by atomic mass is 35.5. The second-order valence-corrected chi connectivity index (χ2v) is 5.46. The van der Waals surface area contributed by atoms with E-state index in [9.17, 15) is 4.79 Å². The van der Waals surface area contributed by atoms with Gasteiger partial charge in [-0.2, -0.15) is 0 Å². The van der Waals surface area contributed by atoms with Crippen molar-refractivity contribution in [1.29, 1.82) is 0 Å². The topological polar surface area (TPSA) is 37.3 Å². The van der Waals surface area contributed by atoms with Crippen LogP contribution in [0.1, 0.15) is 43.0 Å². The normalized spacial score (nSPS) is 14.2. The van der Waals surface area contributed by atoms with E-state index in [0.29, 0.717) is 12.0 Å². The van der Waals surface area contributed by atoms with Crippen molar-refractivity contribution in [3.05, 3.63) is 29.8 Å². The maximum Gasteiger partial charge on any atom is 0.180 e. The van der Waals surface area contributed by atoms with Crippen molar-refractivity contribution in [2.24, 2.45) is 0 Å². The van der Waals surface area contributed by atoms with E-state index in [-0.39, 0.29) is 16.9 Å². The molecule has 0 aliphatic heterocycles. The molecule has 0 fully saturated rings. The van der Waals surface area contributed by atoms with E-state index in [1.54, 1.807) is 12.1 Å². The van der Waals surface area contributed by atoms with Crippen molar-refractivity contribution in [2.45, 2.75) is 43.4 Å². The molecule has 2 nitrogen and oxygen atoms in total. The highest BCUT2D eigenvalue weighted by Crippen LogP contribution is 2.19. The van der Waals surface area contributed by atoms with Crippen LogP contribution in [0.5, 0.6) is 5.75 Å². The molecule has 1 N–H and O–H groups in total. The summed E-state index contributed by atoms with van der Waals surface area (Å²) in [5.41, 5.74) is 0.533. The monoisotopic (exact) mass is 288 g/mol. The zero-order chi connectivity index (χ0) is 13.5. The SMILES string of the molecule is CCC(Cl)CCCC(Cl)C(=O)c1ccc(O)cc1. The largest absolute Gasteiger partial charge is 0.508 e. The number of aromatic hydroxyl groups is 1. The Morgan fingerprint density at radius 1 is 1.22 bits per heavy atom. The molecule has 4 heteroatoms. The molecule has 100 valence electrons. The Balaban J connectivity index is 2.44. The lowest BCUT2D eigenvalue weighted by Crippen LogP contribution is -2.15. The van der Waals surface area contributed by atoms with Crippen LogP contribution in [0, 0.1) is 0 Å². The van der Waals surface area contributed by atoms with E-state index < -0.39 is 5.38 Å². The van der Waals surface area contributed by atoms with Crippen LogP contribution in [0.25, 0.3) is 0 Å². The second-order valence-electron chi connectivity index (χ2n) is 4.32. The van der Waals surface area contributed by atoms with Gasteiger partial charge < -0.3 is 5.11 Å². The molecule has 0 spiro atoms. The van der Waals surface area contributed by atoms with Gasteiger partial charge in [-0.15, -0.1) is 23.2 Å². The van der Waals surface area contributed by atoms with Gasteiger partial charge in [0.1, 0.15) is 5.75 Å². The molecule has 0 radical (unpaired) electrons. The number of Topliss-reactive ketones (excluding diaryl/α,β-unsaturated/α-hetero) is 1. The molecule has 0 heterocycles. The molecule has 18 heavy (non-hydrogen) atoms. The van der Waals surface area contributed by atoms with E-state index >= 15 is 0 Å². The number of rotatable bonds is 7. The minimum atomic E-state index is -0.518. The van der Waals surface area contributed by atoms with Crippen LogP contribution < -0.4 is 0 Å². The van der Waals surface area contributed by atoms with E-state index in [0.717, 1.165) is 19.3 Å². The van der Waals surface area contributed by atoms with Crippen LogP contribution in [-0.2, 0) is 0 Å². The van der Waals surface area contributed by atoms with Gasteiger partial charge in [0.05, 0.1) is 5.38 Å². The van der Waals surface area contributed by atoms with Gasteiger partial charge in [-0.25, -0.2) is 0 Å². The van der Waals surface area contributed by atoms with Crippen LogP contribution in [0.3, 0.4) is 0 Å². The predicted octanol–water partition coefficient (Wildman–Crippen LogP) is 4.37. The molecule has 1 rings (SSSR count). The summed E-state index contributed by atoms with van der Waals surface area (Å²) in [4.78, 5) is 12.0. The average molecular weight is 289 g/mol. The molecule has 0 amide bonds. The quantitative estimate of drug-likeness (QED) is 0.598. The number of phenols is 1. The average Bonchev–Trinajstić information content (AvgIpc) is 2.38. The van der Waals surface area contributed by atoms with Crippen molar-refractivity contribution in [3.63, 3.8) is 0 Å². The molecule has 0 saturated heterocycles. The fourth-order valence-electron chi connectivity index (χ4n) is 1.66. The molecule has 1 aromatic rings. The van der Waals surface area contributed by atoms with E-state index in [4.69, 9.17) is 28.3 Å². The van der Waals surface area contributed by atoms with Crippen LogP contribution in [0.4, 0.5) is 0 Å². The van der Waals surface area contributed by atoms with Gasteiger partial charge in [0.15, 0.2) is 5.78 Å². The third kappa shape index (κ3) is 4.87. The summed E-state index contributed by atoms with van der Waals surface area (Å²) in [5, 5.41) is 8.79. The number of hydrogen-bond acceptors (Lipinski definition) is 2. The molecule has 2 unspecified atom stereocenters. The van der Waals surface area contributed by atoms with E-state index in [2.05, 4.69) is 0 Å². The first-order valence-electron chi connectivity index (χ1n) is 6.16. The Hall–Kier alpha value is -0.730.